The molecule has 0 aliphatic rings. The molecule has 0 unspecified atom stereocenters. The normalized spacial score (nSPS) is 10.2. The number of anilines is 1. The molecule has 2 rings (SSSR count). The number of primary amides is 1. The van der Waals surface area contributed by atoms with E-state index in [1.54, 1.807) is 6.07 Å². The first-order valence-corrected chi connectivity index (χ1v) is 7.33. The first-order chi connectivity index (χ1) is 10.8. The Morgan fingerprint density at radius 2 is 1.78 bits per heavy atom. The van der Waals surface area contributed by atoms with Crippen molar-refractivity contribution in [3.63, 3.8) is 0 Å². The molecule has 0 saturated carbocycles. The van der Waals surface area contributed by atoms with Crippen LogP contribution in [0.25, 0.3) is 0 Å². The Morgan fingerprint density at radius 1 is 1.13 bits per heavy atom. The smallest absolute Gasteiger partial charge is 0.262 e. The first-order valence-electron chi connectivity index (χ1n) is 6.95. The van der Waals surface area contributed by atoms with Gasteiger partial charge in [0, 0.05) is 10.7 Å². The van der Waals surface area contributed by atoms with Crippen LogP contribution in [0.1, 0.15) is 21.5 Å². The minimum atomic E-state index is -0.669. The van der Waals surface area contributed by atoms with Gasteiger partial charge in [-0.15, -0.1) is 0 Å². The van der Waals surface area contributed by atoms with Crippen LogP contribution in [-0.2, 0) is 4.79 Å². The fraction of sp³-hybridized carbons (Fsp3) is 0.176. The van der Waals surface area contributed by atoms with Gasteiger partial charge in [0.2, 0.25) is 0 Å². The van der Waals surface area contributed by atoms with Gasteiger partial charge >= 0.3 is 0 Å². The van der Waals surface area contributed by atoms with Crippen molar-refractivity contribution in [2.45, 2.75) is 13.8 Å². The largest absolute Gasteiger partial charge is 0.483 e. The van der Waals surface area contributed by atoms with Crippen LogP contribution in [0.3, 0.4) is 0 Å². The van der Waals surface area contributed by atoms with Crippen molar-refractivity contribution in [3.05, 3.63) is 58.1 Å². The zero-order valence-corrected chi connectivity index (χ0v) is 13.6. The summed E-state index contributed by atoms with van der Waals surface area (Å²) in [6.45, 7) is 3.66. The number of halogens is 1. The highest BCUT2D eigenvalue weighted by atomic mass is 35.5. The molecule has 0 heterocycles. The molecule has 0 aliphatic heterocycles. The Kier molecular flexibility index (Phi) is 5.24. The lowest BCUT2D eigenvalue weighted by atomic mass is 10.1. The summed E-state index contributed by atoms with van der Waals surface area (Å²) in [4.78, 5) is 23.3. The van der Waals surface area contributed by atoms with E-state index in [1.807, 2.05) is 32.0 Å². The second-order valence-electron chi connectivity index (χ2n) is 5.22. The molecule has 0 bridgehead atoms. The number of carbonyl (C=O) groups excluding carboxylic acids is 2. The summed E-state index contributed by atoms with van der Waals surface area (Å²) in [5, 5.41) is 3.11. The Morgan fingerprint density at radius 3 is 2.39 bits per heavy atom. The second-order valence-corrected chi connectivity index (χ2v) is 5.65. The van der Waals surface area contributed by atoms with Crippen LogP contribution in [0.4, 0.5) is 5.69 Å². The fourth-order valence-electron chi connectivity index (χ4n) is 2.21. The molecule has 2 amide bonds. The number of carbonyl (C=O) groups is 2. The molecule has 0 radical (unpaired) electrons. The van der Waals surface area contributed by atoms with Crippen LogP contribution in [-0.4, -0.2) is 18.4 Å². The van der Waals surface area contributed by atoms with E-state index < -0.39 is 5.91 Å². The maximum Gasteiger partial charge on any atom is 0.262 e. The highest BCUT2D eigenvalue weighted by Gasteiger charge is 2.12. The van der Waals surface area contributed by atoms with E-state index in [-0.39, 0.29) is 23.8 Å². The van der Waals surface area contributed by atoms with Crippen LogP contribution >= 0.6 is 11.6 Å². The number of aryl methyl sites for hydroxylation is 2. The summed E-state index contributed by atoms with van der Waals surface area (Å²) in [5.74, 6) is -0.782. The lowest BCUT2D eigenvalue weighted by Gasteiger charge is -2.11. The monoisotopic (exact) mass is 332 g/mol. The van der Waals surface area contributed by atoms with Crippen LogP contribution in [0.5, 0.6) is 5.75 Å². The second kappa shape index (κ2) is 7.15. The summed E-state index contributed by atoms with van der Waals surface area (Å²) in [6, 6.07) is 10.2. The topological polar surface area (TPSA) is 81.4 Å². The predicted octanol–water partition coefficient (Wildman–Crippen LogP) is 3.07. The third-order valence-electron chi connectivity index (χ3n) is 3.07. The molecule has 0 aliphatic carbocycles. The minimum absolute atomic E-state index is 0.136. The third-order valence-corrected chi connectivity index (χ3v) is 3.31. The van der Waals surface area contributed by atoms with Crippen molar-refractivity contribution in [2.24, 2.45) is 5.73 Å². The first kappa shape index (κ1) is 16.8. The van der Waals surface area contributed by atoms with Crippen molar-refractivity contribution in [2.75, 3.05) is 11.9 Å². The Labute approximate surface area is 139 Å². The summed E-state index contributed by atoms with van der Waals surface area (Å²) < 4.78 is 5.38. The third kappa shape index (κ3) is 4.72. The minimum Gasteiger partial charge on any atom is -0.483 e. The number of hydrogen-bond donors (Lipinski definition) is 2. The number of benzene rings is 2. The molecule has 0 atom stereocenters. The van der Waals surface area contributed by atoms with E-state index in [4.69, 9.17) is 22.1 Å². The fourth-order valence-corrected chi connectivity index (χ4v) is 2.38. The summed E-state index contributed by atoms with van der Waals surface area (Å²) in [7, 11) is 0. The molecular weight excluding hydrogens is 316 g/mol. The maximum absolute atomic E-state index is 12.0. The zero-order chi connectivity index (χ0) is 17.0. The van der Waals surface area contributed by atoms with E-state index in [1.165, 1.54) is 12.1 Å². The number of nitrogens with two attached hydrogens (primary N) is 1. The van der Waals surface area contributed by atoms with Gasteiger partial charge in [0.15, 0.2) is 6.61 Å². The molecule has 0 spiro atoms. The van der Waals surface area contributed by atoms with Gasteiger partial charge in [-0.05, 0) is 55.3 Å². The highest BCUT2D eigenvalue weighted by molar-refractivity contribution is 6.31. The van der Waals surface area contributed by atoms with Gasteiger partial charge in [-0.3, -0.25) is 9.59 Å². The number of hydrogen-bond acceptors (Lipinski definition) is 3. The molecule has 3 N–H and O–H groups in total. The lowest BCUT2D eigenvalue weighted by Crippen LogP contribution is -2.21. The van der Waals surface area contributed by atoms with Crippen molar-refractivity contribution in [1.82, 2.24) is 0 Å². The van der Waals surface area contributed by atoms with Crippen LogP contribution in [0, 0.1) is 13.8 Å². The number of nitrogens with one attached hydrogen (secondary N) is 1. The van der Waals surface area contributed by atoms with Crippen molar-refractivity contribution in [3.8, 4) is 5.75 Å². The average molecular weight is 333 g/mol. The molecule has 120 valence electrons. The molecule has 2 aromatic rings. The lowest BCUT2D eigenvalue weighted by molar-refractivity contribution is -0.118. The van der Waals surface area contributed by atoms with Gasteiger partial charge in [-0.2, -0.15) is 0 Å². The van der Waals surface area contributed by atoms with Crippen molar-refractivity contribution in [1.29, 1.82) is 0 Å². The Bertz CT molecular complexity index is 739. The van der Waals surface area contributed by atoms with Crippen LogP contribution < -0.4 is 15.8 Å². The van der Waals surface area contributed by atoms with Gasteiger partial charge in [0.05, 0.1) is 5.56 Å². The Balaban J connectivity index is 2.03. The highest BCUT2D eigenvalue weighted by Crippen LogP contribution is 2.22. The van der Waals surface area contributed by atoms with Crippen LogP contribution in [0.15, 0.2) is 36.4 Å². The summed E-state index contributed by atoms with van der Waals surface area (Å²) in [6.07, 6.45) is 0. The molecular formula is C17H17ClN2O3. The number of amides is 2. The van der Waals surface area contributed by atoms with E-state index in [2.05, 4.69) is 5.32 Å². The van der Waals surface area contributed by atoms with Gasteiger partial charge in [0.25, 0.3) is 11.8 Å². The standard InChI is InChI=1S/C17H17ClN2O3/c1-10-5-11(2)7-13(6-10)20-16(21)9-23-15-4-3-12(18)8-14(15)17(19)22/h3-8H,9H2,1-2H3,(H2,19,22)(H,20,21). The van der Waals surface area contributed by atoms with E-state index in [0.717, 1.165) is 11.1 Å². The molecule has 0 fully saturated rings. The van der Waals surface area contributed by atoms with E-state index >= 15 is 0 Å². The Hall–Kier alpha value is -2.53. The molecule has 23 heavy (non-hydrogen) atoms. The molecule has 0 aromatic heterocycles. The molecule has 0 saturated heterocycles. The predicted molar refractivity (Wildman–Crippen MR) is 90.0 cm³/mol. The summed E-state index contributed by atoms with van der Waals surface area (Å²) in [5.41, 5.74) is 8.20. The van der Waals surface area contributed by atoms with Gasteiger partial charge in [-0.25, -0.2) is 0 Å². The van der Waals surface area contributed by atoms with Crippen LogP contribution in [0.2, 0.25) is 5.02 Å². The SMILES string of the molecule is Cc1cc(C)cc(NC(=O)COc2ccc(Cl)cc2C(N)=O)c1. The van der Waals surface area contributed by atoms with Gasteiger partial charge in [0.1, 0.15) is 5.75 Å². The van der Waals surface area contributed by atoms with E-state index in [9.17, 15) is 9.59 Å². The van der Waals surface area contributed by atoms with Crippen molar-refractivity contribution >= 4 is 29.1 Å². The average Bonchev–Trinajstić information content (AvgIpc) is 2.44. The molecule has 2 aromatic carbocycles. The van der Waals surface area contributed by atoms with Crippen molar-refractivity contribution < 1.29 is 14.3 Å². The molecule has 6 heteroatoms. The zero-order valence-electron chi connectivity index (χ0n) is 12.9. The van der Waals surface area contributed by atoms with E-state index in [0.29, 0.717) is 10.7 Å². The van der Waals surface area contributed by atoms with Gasteiger partial charge in [-0.1, -0.05) is 17.7 Å². The summed E-state index contributed by atoms with van der Waals surface area (Å²) >= 11 is 5.82. The quantitative estimate of drug-likeness (QED) is 0.882. The number of rotatable bonds is 5. The molecule has 5 nitrogen and oxygen atoms in total. The van der Waals surface area contributed by atoms with Gasteiger partial charge < -0.3 is 15.8 Å². The maximum atomic E-state index is 12.0. The number of ether oxygens (including phenoxy) is 1.